The molecule has 2 aromatic rings. The van der Waals surface area contributed by atoms with Crippen LogP contribution in [0.25, 0.3) is 0 Å². The van der Waals surface area contributed by atoms with E-state index in [-0.39, 0.29) is 6.04 Å². The number of ether oxygens (including phenoxy) is 2. The summed E-state index contributed by atoms with van der Waals surface area (Å²) < 4.78 is 11.3. The van der Waals surface area contributed by atoms with Gasteiger partial charge >= 0.3 is 0 Å². The highest BCUT2D eigenvalue weighted by molar-refractivity contribution is 7.11. The average molecular weight is 304 g/mol. The lowest BCUT2D eigenvalue weighted by molar-refractivity contribution is 0.171. The van der Waals surface area contributed by atoms with E-state index in [4.69, 9.17) is 9.47 Å². The molecule has 21 heavy (non-hydrogen) atoms. The molecule has 0 bridgehead atoms. The molecule has 112 valence electrons. The first kappa shape index (κ1) is 14.4. The van der Waals surface area contributed by atoms with E-state index in [2.05, 4.69) is 29.4 Å². The third-order valence-corrected chi connectivity index (χ3v) is 4.40. The third-order valence-electron chi connectivity index (χ3n) is 3.42. The van der Waals surface area contributed by atoms with Crippen LogP contribution in [0.4, 0.5) is 0 Å². The van der Waals surface area contributed by atoms with E-state index >= 15 is 0 Å². The minimum absolute atomic E-state index is 0.159. The van der Waals surface area contributed by atoms with Gasteiger partial charge in [0.25, 0.3) is 0 Å². The number of fused-ring (bicyclic) bond motifs is 1. The molecule has 0 aliphatic carbocycles. The Morgan fingerprint density at radius 3 is 2.81 bits per heavy atom. The minimum Gasteiger partial charge on any atom is -0.486 e. The molecule has 0 spiro atoms. The van der Waals surface area contributed by atoms with Crippen LogP contribution in [-0.2, 0) is 0 Å². The summed E-state index contributed by atoms with van der Waals surface area (Å²) in [6.07, 6.45) is 3.06. The van der Waals surface area contributed by atoms with Gasteiger partial charge in [-0.25, -0.2) is 4.98 Å². The number of rotatable bonds is 5. The Kier molecular flexibility index (Phi) is 4.41. The molecule has 2 heterocycles. The van der Waals surface area contributed by atoms with E-state index in [0.29, 0.717) is 13.2 Å². The molecular formula is C16H20N2O2S. The number of nitrogens with zero attached hydrogens (tertiary/aromatic N) is 1. The molecule has 0 fully saturated rings. The second-order valence-electron chi connectivity index (χ2n) is 5.07. The fourth-order valence-corrected chi connectivity index (χ4v) is 3.31. The van der Waals surface area contributed by atoms with Crippen LogP contribution in [0.5, 0.6) is 11.5 Å². The summed E-state index contributed by atoms with van der Waals surface area (Å²) in [6, 6.07) is 6.34. The number of nitrogens with one attached hydrogen (secondary N) is 1. The smallest absolute Gasteiger partial charge is 0.161 e. The summed E-state index contributed by atoms with van der Waals surface area (Å²) >= 11 is 1.73. The molecule has 3 rings (SSSR count). The number of aryl methyl sites for hydroxylation is 1. The van der Waals surface area contributed by atoms with Crippen molar-refractivity contribution in [3.05, 3.63) is 39.8 Å². The van der Waals surface area contributed by atoms with Crippen molar-refractivity contribution in [2.24, 2.45) is 0 Å². The molecule has 1 unspecified atom stereocenters. The Hall–Kier alpha value is -1.59. The zero-order valence-electron chi connectivity index (χ0n) is 12.4. The lowest BCUT2D eigenvalue weighted by Crippen LogP contribution is -2.23. The standard InChI is InChI=1S/C16H20N2O2S/c1-3-6-17-16(15-10-18-11(2)21-15)12-4-5-13-14(9-12)20-8-7-19-13/h4-5,9-10,16-17H,3,6-8H2,1-2H3. The maximum atomic E-state index is 5.69. The minimum atomic E-state index is 0.159. The van der Waals surface area contributed by atoms with Gasteiger partial charge < -0.3 is 14.8 Å². The van der Waals surface area contributed by atoms with Crippen molar-refractivity contribution in [3.8, 4) is 11.5 Å². The summed E-state index contributed by atoms with van der Waals surface area (Å²) in [5, 5.41) is 4.68. The largest absolute Gasteiger partial charge is 0.486 e. The lowest BCUT2D eigenvalue weighted by Gasteiger charge is -2.22. The van der Waals surface area contributed by atoms with E-state index in [9.17, 15) is 0 Å². The molecule has 1 aliphatic heterocycles. The van der Waals surface area contributed by atoms with Gasteiger partial charge in [-0.2, -0.15) is 0 Å². The van der Waals surface area contributed by atoms with E-state index < -0.39 is 0 Å². The predicted octanol–water partition coefficient (Wildman–Crippen LogP) is 3.31. The van der Waals surface area contributed by atoms with Gasteiger partial charge in [0.15, 0.2) is 11.5 Å². The summed E-state index contributed by atoms with van der Waals surface area (Å²) in [6.45, 7) is 6.41. The van der Waals surface area contributed by atoms with Crippen LogP contribution in [0, 0.1) is 6.92 Å². The predicted molar refractivity (Wildman–Crippen MR) is 84.4 cm³/mol. The van der Waals surface area contributed by atoms with Crippen LogP contribution in [0.1, 0.15) is 34.8 Å². The van der Waals surface area contributed by atoms with Gasteiger partial charge in [-0.3, -0.25) is 0 Å². The van der Waals surface area contributed by atoms with Gasteiger partial charge in [-0.15, -0.1) is 11.3 Å². The van der Waals surface area contributed by atoms with Crippen molar-refractivity contribution in [1.82, 2.24) is 10.3 Å². The van der Waals surface area contributed by atoms with E-state index in [1.54, 1.807) is 11.3 Å². The van der Waals surface area contributed by atoms with Crippen molar-refractivity contribution >= 4 is 11.3 Å². The highest BCUT2D eigenvalue weighted by Crippen LogP contribution is 2.35. The zero-order chi connectivity index (χ0) is 14.7. The molecular weight excluding hydrogens is 284 g/mol. The second-order valence-corrected chi connectivity index (χ2v) is 6.34. The molecule has 1 atom stereocenters. The normalized spacial score (nSPS) is 15.0. The summed E-state index contributed by atoms with van der Waals surface area (Å²) in [5.41, 5.74) is 1.19. The Balaban J connectivity index is 1.92. The maximum absolute atomic E-state index is 5.69. The fourth-order valence-electron chi connectivity index (χ4n) is 2.42. The van der Waals surface area contributed by atoms with Crippen molar-refractivity contribution < 1.29 is 9.47 Å². The molecule has 5 heteroatoms. The second kappa shape index (κ2) is 6.45. The average Bonchev–Trinajstić information content (AvgIpc) is 2.94. The van der Waals surface area contributed by atoms with Crippen LogP contribution < -0.4 is 14.8 Å². The van der Waals surface area contributed by atoms with E-state index in [0.717, 1.165) is 29.5 Å². The van der Waals surface area contributed by atoms with Crippen LogP contribution in [-0.4, -0.2) is 24.7 Å². The van der Waals surface area contributed by atoms with Gasteiger partial charge in [0.1, 0.15) is 13.2 Å². The molecule has 1 aromatic carbocycles. The molecule has 1 N–H and O–H groups in total. The monoisotopic (exact) mass is 304 g/mol. The summed E-state index contributed by atoms with van der Waals surface area (Å²) in [5.74, 6) is 1.67. The van der Waals surface area contributed by atoms with E-state index in [1.807, 2.05) is 19.2 Å². The summed E-state index contributed by atoms with van der Waals surface area (Å²) in [7, 11) is 0. The Labute approximate surface area is 129 Å². The first-order valence-electron chi connectivity index (χ1n) is 7.33. The van der Waals surface area contributed by atoms with Gasteiger partial charge in [-0.05, 0) is 37.6 Å². The Morgan fingerprint density at radius 2 is 2.10 bits per heavy atom. The molecule has 1 aromatic heterocycles. The topological polar surface area (TPSA) is 43.4 Å². The molecule has 4 nitrogen and oxygen atoms in total. The molecule has 0 saturated heterocycles. The number of benzene rings is 1. The van der Waals surface area contributed by atoms with Gasteiger partial charge in [0, 0.05) is 11.1 Å². The molecule has 1 aliphatic rings. The van der Waals surface area contributed by atoms with Crippen molar-refractivity contribution in [3.63, 3.8) is 0 Å². The summed E-state index contributed by atoms with van der Waals surface area (Å²) in [4.78, 5) is 5.62. The van der Waals surface area contributed by atoms with E-state index in [1.165, 1.54) is 10.4 Å². The molecule has 0 saturated carbocycles. The van der Waals surface area contributed by atoms with Crippen molar-refractivity contribution in [1.29, 1.82) is 0 Å². The molecule has 0 radical (unpaired) electrons. The SMILES string of the molecule is CCCNC(c1ccc2c(c1)OCCO2)c1cnc(C)s1. The highest BCUT2D eigenvalue weighted by atomic mass is 32.1. The first-order valence-corrected chi connectivity index (χ1v) is 8.15. The third kappa shape index (κ3) is 3.19. The van der Waals surface area contributed by atoms with Crippen molar-refractivity contribution in [2.45, 2.75) is 26.3 Å². The zero-order valence-corrected chi connectivity index (χ0v) is 13.2. The maximum Gasteiger partial charge on any atom is 0.161 e. The van der Waals surface area contributed by atoms with Crippen LogP contribution in [0.15, 0.2) is 24.4 Å². The van der Waals surface area contributed by atoms with Gasteiger partial charge in [0.2, 0.25) is 0 Å². The van der Waals surface area contributed by atoms with Crippen LogP contribution in [0.2, 0.25) is 0 Å². The number of thiazole rings is 1. The first-order chi connectivity index (χ1) is 10.3. The van der Waals surface area contributed by atoms with Gasteiger partial charge in [0.05, 0.1) is 11.0 Å². The Bertz CT molecular complexity index is 612. The van der Waals surface area contributed by atoms with Crippen LogP contribution >= 0.6 is 11.3 Å². The lowest BCUT2D eigenvalue weighted by atomic mass is 10.0. The molecule has 0 amide bonds. The number of hydrogen-bond donors (Lipinski definition) is 1. The Morgan fingerprint density at radius 1 is 1.29 bits per heavy atom. The van der Waals surface area contributed by atoms with Gasteiger partial charge in [-0.1, -0.05) is 13.0 Å². The van der Waals surface area contributed by atoms with Crippen LogP contribution in [0.3, 0.4) is 0 Å². The number of hydrogen-bond acceptors (Lipinski definition) is 5. The highest BCUT2D eigenvalue weighted by Gasteiger charge is 2.19. The fraction of sp³-hybridized carbons (Fsp3) is 0.438. The number of aromatic nitrogens is 1. The van der Waals surface area contributed by atoms with Crippen molar-refractivity contribution in [2.75, 3.05) is 19.8 Å². The quantitative estimate of drug-likeness (QED) is 0.920.